The first-order valence-corrected chi connectivity index (χ1v) is 8.41. The molecule has 23 heavy (non-hydrogen) atoms. The minimum atomic E-state index is -0.392. The number of fused-ring (bicyclic) bond motifs is 2. The lowest BCUT2D eigenvalue weighted by Crippen LogP contribution is -2.39. The lowest BCUT2D eigenvalue weighted by molar-refractivity contribution is -0.384. The summed E-state index contributed by atoms with van der Waals surface area (Å²) >= 11 is 1.61. The number of nitrogens with one attached hydrogen (secondary N) is 1. The predicted molar refractivity (Wildman–Crippen MR) is 87.6 cm³/mol. The molecule has 3 heterocycles. The minimum absolute atomic E-state index is 0.0303. The Labute approximate surface area is 136 Å². The van der Waals surface area contributed by atoms with Crippen molar-refractivity contribution in [2.75, 3.05) is 11.9 Å². The van der Waals surface area contributed by atoms with E-state index >= 15 is 0 Å². The van der Waals surface area contributed by atoms with Gasteiger partial charge < -0.3 is 5.32 Å². The number of rotatable bonds is 2. The molecule has 0 radical (unpaired) electrons. The quantitative estimate of drug-likeness (QED) is 0.678. The topological polar surface area (TPSA) is 75.5 Å². The number of benzene rings is 1. The summed E-state index contributed by atoms with van der Waals surface area (Å²) in [6, 6.07) is 8.45. The zero-order chi connectivity index (χ0) is 16.0. The van der Waals surface area contributed by atoms with Crippen molar-refractivity contribution in [2.45, 2.75) is 24.9 Å². The summed E-state index contributed by atoms with van der Waals surface area (Å²) in [5.74, 6) is 0.0477. The average molecular weight is 329 g/mol. The second-order valence-corrected chi connectivity index (χ2v) is 6.78. The highest BCUT2D eigenvalue weighted by Gasteiger charge is 2.41. The third kappa shape index (κ3) is 2.32. The first kappa shape index (κ1) is 14.3. The monoisotopic (exact) mass is 329 g/mol. The molecule has 0 saturated carbocycles. The molecule has 0 spiro atoms. The number of hydrogen-bond donors (Lipinski definition) is 1. The molecule has 2 aromatic rings. The Hall–Kier alpha value is -2.25. The van der Waals surface area contributed by atoms with Gasteiger partial charge in [0, 0.05) is 17.0 Å². The summed E-state index contributed by atoms with van der Waals surface area (Å²) in [4.78, 5) is 26.2. The highest BCUT2D eigenvalue weighted by Crippen LogP contribution is 2.43. The SMILES string of the molecule is O=C1Nc2ccsc2[C@H](c2ccc([N+](=O)[O-])cc2)N2CCC[C@@H]12. The molecule has 1 aromatic carbocycles. The number of nitro groups is 1. The van der Waals surface area contributed by atoms with E-state index in [1.165, 1.54) is 12.1 Å². The lowest BCUT2D eigenvalue weighted by Gasteiger charge is -2.29. The van der Waals surface area contributed by atoms with Crippen LogP contribution in [0, 0.1) is 10.1 Å². The Morgan fingerprint density at radius 2 is 2.04 bits per heavy atom. The van der Waals surface area contributed by atoms with E-state index < -0.39 is 4.92 Å². The Balaban J connectivity index is 1.81. The normalized spacial score (nSPS) is 23.7. The van der Waals surface area contributed by atoms with E-state index in [0.717, 1.165) is 35.5 Å². The van der Waals surface area contributed by atoms with Crippen LogP contribution in [0.15, 0.2) is 35.7 Å². The summed E-state index contributed by atoms with van der Waals surface area (Å²) in [5.41, 5.74) is 1.93. The fourth-order valence-corrected chi connectivity index (χ4v) is 4.50. The molecule has 0 unspecified atom stereocenters. The van der Waals surface area contributed by atoms with E-state index in [4.69, 9.17) is 0 Å². The first-order chi connectivity index (χ1) is 11.1. The number of nitro benzene ring substituents is 1. The van der Waals surface area contributed by atoms with Crippen LogP contribution in [0.5, 0.6) is 0 Å². The molecular formula is C16H15N3O3S. The molecular weight excluding hydrogens is 314 g/mol. The Morgan fingerprint density at radius 3 is 2.78 bits per heavy atom. The third-order valence-corrected chi connectivity index (χ3v) is 5.52. The number of thiophene rings is 1. The molecule has 2 aliphatic rings. The van der Waals surface area contributed by atoms with E-state index in [9.17, 15) is 14.9 Å². The zero-order valence-electron chi connectivity index (χ0n) is 12.3. The maximum atomic E-state index is 12.4. The van der Waals surface area contributed by atoms with Crippen molar-refractivity contribution in [3.05, 3.63) is 56.3 Å². The van der Waals surface area contributed by atoms with Crippen molar-refractivity contribution in [2.24, 2.45) is 0 Å². The molecule has 1 saturated heterocycles. The van der Waals surface area contributed by atoms with Crippen LogP contribution >= 0.6 is 11.3 Å². The van der Waals surface area contributed by atoms with Gasteiger partial charge in [0.2, 0.25) is 5.91 Å². The van der Waals surface area contributed by atoms with Crippen LogP contribution < -0.4 is 5.32 Å². The highest BCUT2D eigenvalue weighted by molar-refractivity contribution is 7.10. The number of nitrogens with zero attached hydrogens (tertiary/aromatic N) is 2. The van der Waals surface area contributed by atoms with Crippen LogP contribution in [0.2, 0.25) is 0 Å². The van der Waals surface area contributed by atoms with E-state index in [2.05, 4.69) is 10.2 Å². The Morgan fingerprint density at radius 1 is 1.26 bits per heavy atom. The summed E-state index contributed by atoms with van der Waals surface area (Å²) < 4.78 is 0. The van der Waals surface area contributed by atoms with Crippen molar-refractivity contribution < 1.29 is 9.72 Å². The van der Waals surface area contributed by atoms with Gasteiger partial charge in [-0.3, -0.25) is 19.8 Å². The van der Waals surface area contributed by atoms with Gasteiger partial charge in [0.05, 0.1) is 22.7 Å². The molecule has 1 fully saturated rings. The van der Waals surface area contributed by atoms with Crippen LogP contribution in [-0.4, -0.2) is 28.3 Å². The van der Waals surface area contributed by atoms with Gasteiger partial charge >= 0.3 is 0 Å². The van der Waals surface area contributed by atoms with Crippen LogP contribution in [0.1, 0.15) is 29.3 Å². The van der Waals surface area contributed by atoms with Gasteiger partial charge in [-0.05, 0) is 36.4 Å². The van der Waals surface area contributed by atoms with E-state index in [1.54, 1.807) is 23.5 Å². The van der Waals surface area contributed by atoms with Gasteiger partial charge in [-0.2, -0.15) is 0 Å². The van der Waals surface area contributed by atoms with Crippen LogP contribution in [0.25, 0.3) is 0 Å². The summed E-state index contributed by atoms with van der Waals surface area (Å²) in [7, 11) is 0. The summed E-state index contributed by atoms with van der Waals surface area (Å²) in [6.45, 7) is 0.858. The molecule has 118 valence electrons. The minimum Gasteiger partial charge on any atom is -0.324 e. The number of non-ortho nitro benzene ring substituents is 1. The average Bonchev–Trinajstić information content (AvgIpc) is 3.17. The molecule has 1 N–H and O–H groups in total. The molecule has 1 amide bonds. The van der Waals surface area contributed by atoms with Gasteiger partial charge in [-0.25, -0.2) is 0 Å². The number of anilines is 1. The van der Waals surface area contributed by atoms with Crippen LogP contribution in [0.4, 0.5) is 11.4 Å². The van der Waals surface area contributed by atoms with Gasteiger partial charge in [-0.1, -0.05) is 12.1 Å². The molecule has 6 nitrogen and oxygen atoms in total. The fraction of sp³-hybridized carbons (Fsp3) is 0.312. The number of hydrogen-bond acceptors (Lipinski definition) is 5. The lowest BCUT2D eigenvalue weighted by atomic mass is 10.0. The molecule has 4 rings (SSSR count). The second kappa shape index (κ2) is 5.43. The van der Waals surface area contributed by atoms with Crippen molar-refractivity contribution in [1.82, 2.24) is 4.90 Å². The molecule has 0 bridgehead atoms. The third-order valence-electron chi connectivity index (χ3n) is 4.55. The van der Waals surface area contributed by atoms with E-state index in [0.29, 0.717) is 0 Å². The van der Waals surface area contributed by atoms with Crippen molar-refractivity contribution in [3.63, 3.8) is 0 Å². The van der Waals surface area contributed by atoms with Crippen molar-refractivity contribution >= 4 is 28.6 Å². The molecule has 2 aliphatic heterocycles. The molecule has 7 heteroatoms. The predicted octanol–water partition coefficient (Wildman–Crippen LogP) is 3.16. The standard InChI is InChI=1S/C16H15N3O3S/c20-16-13-2-1-8-18(13)14(15-12(17-16)7-9-23-15)10-3-5-11(6-4-10)19(21)22/h3-7,9,13-14H,1-2,8H2,(H,17,20)/t13-,14-/m0/s1. The zero-order valence-corrected chi connectivity index (χ0v) is 13.1. The van der Waals surface area contributed by atoms with Gasteiger partial charge in [0.15, 0.2) is 0 Å². The Bertz CT molecular complexity index is 771. The number of amides is 1. The van der Waals surface area contributed by atoms with Gasteiger partial charge in [0.1, 0.15) is 0 Å². The Kier molecular flexibility index (Phi) is 3.39. The van der Waals surface area contributed by atoms with Crippen molar-refractivity contribution in [3.8, 4) is 0 Å². The maximum absolute atomic E-state index is 12.4. The fourth-order valence-electron chi connectivity index (χ4n) is 3.50. The largest absolute Gasteiger partial charge is 0.324 e. The van der Waals surface area contributed by atoms with Gasteiger partial charge in [-0.15, -0.1) is 11.3 Å². The summed E-state index contributed by atoms with van der Waals surface area (Å²) in [5, 5.41) is 15.9. The highest BCUT2D eigenvalue weighted by atomic mass is 32.1. The van der Waals surface area contributed by atoms with Gasteiger partial charge in [0.25, 0.3) is 5.69 Å². The smallest absolute Gasteiger partial charge is 0.269 e. The van der Waals surface area contributed by atoms with E-state index in [-0.39, 0.29) is 23.7 Å². The van der Waals surface area contributed by atoms with Crippen LogP contribution in [-0.2, 0) is 4.79 Å². The molecule has 1 aromatic heterocycles. The first-order valence-electron chi connectivity index (χ1n) is 7.53. The maximum Gasteiger partial charge on any atom is 0.269 e. The van der Waals surface area contributed by atoms with Crippen LogP contribution in [0.3, 0.4) is 0 Å². The van der Waals surface area contributed by atoms with Crippen molar-refractivity contribution in [1.29, 1.82) is 0 Å². The molecule has 0 aliphatic carbocycles. The second-order valence-electron chi connectivity index (χ2n) is 5.83. The number of carbonyl (C=O) groups excluding carboxylic acids is 1. The summed E-state index contributed by atoms with van der Waals surface area (Å²) in [6.07, 6.45) is 1.84. The number of carbonyl (C=O) groups is 1. The van der Waals surface area contributed by atoms with E-state index in [1.807, 2.05) is 11.4 Å². The molecule has 2 atom stereocenters.